The highest BCUT2D eigenvalue weighted by molar-refractivity contribution is 6.02. The number of rotatable bonds is 4. The minimum Gasteiger partial charge on any atom is -0.479 e. The SMILES string of the molecule is Cc1ncoc1C(=O)Nc1cccc(OCC#N)c1. The Morgan fingerprint density at radius 1 is 1.58 bits per heavy atom. The molecule has 0 bridgehead atoms. The van der Waals surface area contributed by atoms with Crippen LogP contribution in [0.2, 0.25) is 0 Å². The van der Waals surface area contributed by atoms with Crippen LogP contribution >= 0.6 is 0 Å². The van der Waals surface area contributed by atoms with E-state index >= 15 is 0 Å². The molecular formula is C13H11N3O3. The molecule has 1 N–H and O–H groups in total. The van der Waals surface area contributed by atoms with E-state index in [9.17, 15) is 4.79 Å². The second kappa shape index (κ2) is 5.69. The quantitative estimate of drug-likeness (QED) is 0.906. The molecule has 2 rings (SSSR count). The lowest BCUT2D eigenvalue weighted by molar-refractivity contribution is 0.0996. The largest absolute Gasteiger partial charge is 0.479 e. The number of benzene rings is 1. The maximum atomic E-state index is 11.9. The summed E-state index contributed by atoms with van der Waals surface area (Å²) in [5, 5.41) is 11.1. The first-order chi connectivity index (χ1) is 9.20. The number of hydrogen-bond donors (Lipinski definition) is 1. The van der Waals surface area contributed by atoms with Crippen molar-refractivity contribution >= 4 is 11.6 Å². The van der Waals surface area contributed by atoms with E-state index < -0.39 is 0 Å². The zero-order chi connectivity index (χ0) is 13.7. The van der Waals surface area contributed by atoms with Crippen LogP contribution in [0.25, 0.3) is 0 Å². The molecule has 0 unspecified atom stereocenters. The third-order valence-corrected chi connectivity index (χ3v) is 2.35. The third kappa shape index (κ3) is 3.10. The lowest BCUT2D eigenvalue weighted by atomic mass is 10.3. The molecule has 0 saturated heterocycles. The highest BCUT2D eigenvalue weighted by Gasteiger charge is 2.14. The van der Waals surface area contributed by atoms with Gasteiger partial charge in [-0.2, -0.15) is 5.26 Å². The van der Waals surface area contributed by atoms with Crippen molar-refractivity contribution in [2.45, 2.75) is 6.92 Å². The molecule has 1 amide bonds. The van der Waals surface area contributed by atoms with Gasteiger partial charge in [0.1, 0.15) is 11.8 Å². The first kappa shape index (κ1) is 12.6. The topological polar surface area (TPSA) is 88.2 Å². The van der Waals surface area contributed by atoms with Gasteiger partial charge in [-0.3, -0.25) is 4.79 Å². The Bertz CT molecular complexity index is 628. The Balaban J connectivity index is 2.09. The van der Waals surface area contributed by atoms with Crippen molar-refractivity contribution in [3.05, 3.63) is 42.1 Å². The van der Waals surface area contributed by atoms with Crippen molar-refractivity contribution < 1.29 is 13.9 Å². The second-order valence-electron chi connectivity index (χ2n) is 3.70. The molecule has 96 valence electrons. The van der Waals surface area contributed by atoms with Gasteiger partial charge in [0, 0.05) is 11.8 Å². The third-order valence-electron chi connectivity index (χ3n) is 2.35. The van der Waals surface area contributed by atoms with Gasteiger partial charge in [-0.25, -0.2) is 4.98 Å². The van der Waals surface area contributed by atoms with Crippen LogP contribution in [0.5, 0.6) is 5.75 Å². The molecule has 19 heavy (non-hydrogen) atoms. The van der Waals surface area contributed by atoms with Gasteiger partial charge in [0.2, 0.25) is 5.76 Å². The van der Waals surface area contributed by atoms with Gasteiger partial charge < -0.3 is 14.5 Å². The summed E-state index contributed by atoms with van der Waals surface area (Å²) in [4.78, 5) is 15.7. The van der Waals surface area contributed by atoms with E-state index in [1.165, 1.54) is 6.39 Å². The number of aromatic nitrogens is 1. The van der Waals surface area contributed by atoms with Gasteiger partial charge in [-0.05, 0) is 19.1 Å². The maximum Gasteiger partial charge on any atom is 0.293 e. The Morgan fingerprint density at radius 2 is 2.42 bits per heavy atom. The molecule has 1 aromatic carbocycles. The summed E-state index contributed by atoms with van der Waals surface area (Å²) in [5.41, 5.74) is 1.07. The zero-order valence-corrected chi connectivity index (χ0v) is 10.2. The Kier molecular flexibility index (Phi) is 3.78. The average molecular weight is 257 g/mol. The average Bonchev–Trinajstić information content (AvgIpc) is 2.83. The number of amides is 1. The lowest BCUT2D eigenvalue weighted by Gasteiger charge is -2.06. The van der Waals surface area contributed by atoms with Gasteiger partial charge >= 0.3 is 0 Å². The van der Waals surface area contributed by atoms with Crippen LogP contribution in [0.1, 0.15) is 16.2 Å². The first-order valence-electron chi connectivity index (χ1n) is 5.52. The van der Waals surface area contributed by atoms with E-state index in [-0.39, 0.29) is 18.3 Å². The molecule has 0 atom stereocenters. The summed E-state index contributed by atoms with van der Waals surface area (Å²) in [5.74, 6) is 0.296. The van der Waals surface area contributed by atoms with Gasteiger partial charge in [-0.1, -0.05) is 6.07 Å². The predicted molar refractivity (Wildman–Crippen MR) is 66.7 cm³/mol. The van der Waals surface area contributed by atoms with Crippen LogP contribution in [0, 0.1) is 18.3 Å². The molecule has 6 nitrogen and oxygen atoms in total. The highest BCUT2D eigenvalue weighted by Crippen LogP contribution is 2.18. The van der Waals surface area contributed by atoms with E-state index in [0.717, 1.165) is 0 Å². The molecule has 2 aromatic rings. The molecule has 1 heterocycles. The fourth-order valence-electron chi connectivity index (χ4n) is 1.49. The molecule has 1 aromatic heterocycles. The van der Waals surface area contributed by atoms with Gasteiger partial charge in [0.25, 0.3) is 5.91 Å². The normalized spacial score (nSPS) is 9.68. The number of nitriles is 1. The molecular weight excluding hydrogens is 246 g/mol. The molecule has 0 aliphatic carbocycles. The molecule has 0 saturated carbocycles. The van der Waals surface area contributed by atoms with Gasteiger partial charge in [-0.15, -0.1) is 0 Å². The van der Waals surface area contributed by atoms with E-state index in [0.29, 0.717) is 17.1 Å². The molecule has 0 aliphatic rings. The summed E-state index contributed by atoms with van der Waals surface area (Å²) in [6.07, 6.45) is 1.22. The van der Waals surface area contributed by atoms with Crippen LogP contribution in [-0.4, -0.2) is 17.5 Å². The Labute approximate surface area is 109 Å². The standard InChI is InChI=1S/C13H11N3O3/c1-9-12(19-8-15-9)13(17)16-10-3-2-4-11(7-10)18-6-5-14/h2-4,7-8H,6H2,1H3,(H,16,17). The summed E-state index contributed by atoms with van der Waals surface area (Å²) >= 11 is 0. The van der Waals surface area contributed by atoms with Crippen molar-refractivity contribution in [3.63, 3.8) is 0 Å². The minimum atomic E-state index is -0.382. The first-order valence-corrected chi connectivity index (χ1v) is 5.52. The fourth-order valence-corrected chi connectivity index (χ4v) is 1.49. The molecule has 0 aliphatic heterocycles. The number of ether oxygens (including phenoxy) is 1. The van der Waals surface area contributed by atoms with Crippen LogP contribution in [0.15, 0.2) is 35.1 Å². The summed E-state index contributed by atoms with van der Waals surface area (Å²) in [6, 6.07) is 8.63. The Hall–Kier alpha value is -2.81. The van der Waals surface area contributed by atoms with E-state index in [1.807, 2.05) is 6.07 Å². The monoisotopic (exact) mass is 257 g/mol. The summed E-state index contributed by atoms with van der Waals surface area (Å²) < 4.78 is 10.1. The van der Waals surface area contributed by atoms with E-state index in [4.69, 9.17) is 14.4 Å². The number of hydrogen-bond acceptors (Lipinski definition) is 5. The number of carbonyl (C=O) groups is 1. The predicted octanol–water partition coefficient (Wildman–Crippen LogP) is 2.14. The molecule has 6 heteroatoms. The molecule has 0 spiro atoms. The summed E-state index contributed by atoms with van der Waals surface area (Å²) in [6.45, 7) is 1.64. The number of aryl methyl sites for hydroxylation is 1. The van der Waals surface area contributed by atoms with Gasteiger partial charge in [0.15, 0.2) is 13.0 Å². The van der Waals surface area contributed by atoms with E-state index in [1.54, 1.807) is 31.2 Å². The maximum absolute atomic E-state index is 11.9. The van der Waals surface area contributed by atoms with Crippen molar-refractivity contribution in [2.75, 3.05) is 11.9 Å². The molecule has 0 fully saturated rings. The van der Waals surface area contributed by atoms with Crippen LogP contribution < -0.4 is 10.1 Å². The van der Waals surface area contributed by atoms with Crippen molar-refractivity contribution in [1.29, 1.82) is 5.26 Å². The zero-order valence-electron chi connectivity index (χ0n) is 10.2. The van der Waals surface area contributed by atoms with Crippen LogP contribution in [0.3, 0.4) is 0 Å². The van der Waals surface area contributed by atoms with Crippen LogP contribution in [-0.2, 0) is 0 Å². The number of oxazole rings is 1. The smallest absolute Gasteiger partial charge is 0.293 e. The minimum absolute atomic E-state index is 0.0430. The van der Waals surface area contributed by atoms with Crippen molar-refractivity contribution in [2.24, 2.45) is 0 Å². The van der Waals surface area contributed by atoms with Gasteiger partial charge in [0.05, 0.1) is 5.69 Å². The number of carbonyl (C=O) groups excluding carboxylic acids is 1. The number of anilines is 1. The highest BCUT2D eigenvalue weighted by atomic mass is 16.5. The lowest BCUT2D eigenvalue weighted by Crippen LogP contribution is -2.12. The fraction of sp³-hybridized carbons (Fsp3) is 0.154. The summed E-state index contributed by atoms with van der Waals surface area (Å²) in [7, 11) is 0. The second-order valence-corrected chi connectivity index (χ2v) is 3.70. The van der Waals surface area contributed by atoms with E-state index in [2.05, 4.69) is 10.3 Å². The van der Waals surface area contributed by atoms with Crippen molar-refractivity contribution in [1.82, 2.24) is 4.98 Å². The molecule has 0 radical (unpaired) electrons. The van der Waals surface area contributed by atoms with Crippen LogP contribution in [0.4, 0.5) is 5.69 Å². The van der Waals surface area contributed by atoms with Crippen molar-refractivity contribution in [3.8, 4) is 11.8 Å². The number of nitrogens with one attached hydrogen (secondary N) is 1. The Morgan fingerprint density at radius 3 is 3.11 bits per heavy atom. The number of nitrogens with zero attached hydrogens (tertiary/aromatic N) is 2.